The standard InChI is InChI=1S/C15H25FN2/c1-6-11(3)18(7-2)14-10-8-9-13(16)15(14)12(4)17-5/h8-12,17H,6-7H2,1-5H3. The second-order valence-corrected chi connectivity index (χ2v) is 4.73. The fraction of sp³-hybridized carbons (Fsp3) is 0.600. The first-order valence-electron chi connectivity index (χ1n) is 6.79. The predicted octanol–water partition coefficient (Wildman–Crippen LogP) is 3.73. The van der Waals surface area contributed by atoms with Crippen LogP contribution in [0, 0.1) is 5.82 Å². The maximum atomic E-state index is 14.1. The van der Waals surface area contributed by atoms with Crippen molar-refractivity contribution in [3.8, 4) is 0 Å². The molecule has 2 unspecified atom stereocenters. The van der Waals surface area contributed by atoms with Crippen molar-refractivity contribution < 1.29 is 4.39 Å². The van der Waals surface area contributed by atoms with Gasteiger partial charge in [0.05, 0.1) is 0 Å². The summed E-state index contributed by atoms with van der Waals surface area (Å²) in [7, 11) is 1.86. The first kappa shape index (κ1) is 15.0. The number of halogens is 1. The van der Waals surface area contributed by atoms with Crippen molar-refractivity contribution in [2.45, 2.75) is 46.2 Å². The smallest absolute Gasteiger partial charge is 0.130 e. The molecule has 102 valence electrons. The molecule has 0 aliphatic heterocycles. The first-order chi connectivity index (χ1) is 8.56. The third kappa shape index (κ3) is 3.02. The van der Waals surface area contributed by atoms with E-state index >= 15 is 0 Å². The minimum Gasteiger partial charge on any atom is -0.369 e. The van der Waals surface area contributed by atoms with Gasteiger partial charge < -0.3 is 10.2 Å². The quantitative estimate of drug-likeness (QED) is 0.830. The van der Waals surface area contributed by atoms with Crippen LogP contribution in [0.15, 0.2) is 18.2 Å². The van der Waals surface area contributed by atoms with Crippen molar-refractivity contribution in [2.75, 3.05) is 18.5 Å². The minimum absolute atomic E-state index is 0.0132. The zero-order valence-corrected chi connectivity index (χ0v) is 12.1. The van der Waals surface area contributed by atoms with Crippen molar-refractivity contribution >= 4 is 5.69 Å². The topological polar surface area (TPSA) is 15.3 Å². The molecule has 0 saturated heterocycles. The molecule has 1 aromatic rings. The molecule has 18 heavy (non-hydrogen) atoms. The SMILES string of the molecule is CCC(C)N(CC)c1cccc(F)c1C(C)NC. The molecular formula is C15H25FN2. The third-order valence-corrected chi connectivity index (χ3v) is 3.67. The Balaban J connectivity index is 3.25. The number of rotatable bonds is 6. The summed E-state index contributed by atoms with van der Waals surface area (Å²) in [6.07, 6.45) is 1.05. The number of benzene rings is 1. The van der Waals surface area contributed by atoms with Crippen LogP contribution in [-0.4, -0.2) is 19.6 Å². The van der Waals surface area contributed by atoms with Crippen LogP contribution in [-0.2, 0) is 0 Å². The van der Waals surface area contributed by atoms with Crippen LogP contribution in [0.2, 0.25) is 0 Å². The van der Waals surface area contributed by atoms with E-state index in [-0.39, 0.29) is 11.9 Å². The summed E-state index contributed by atoms with van der Waals surface area (Å²) in [5.74, 6) is -0.129. The van der Waals surface area contributed by atoms with Crippen LogP contribution in [0.3, 0.4) is 0 Å². The van der Waals surface area contributed by atoms with Crippen molar-refractivity contribution in [3.05, 3.63) is 29.6 Å². The van der Waals surface area contributed by atoms with Gasteiger partial charge in [0.25, 0.3) is 0 Å². The van der Waals surface area contributed by atoms with Crippen LogP contribution in [0.5, 0.6) is 0 Å². The van der Waals surface area contributed by atoms with Crippen LogP contribution in [0.1, 0.15) is 45.7 Å². The van der Waals surface area contributed by atoms with Gasteiger partial charge in [-0.2, -0.15) is 0 Å². The Bertz CT molecular complexity index is 379. The van der Waals surface area contributed by atoms with E-state index in [1.54, 1.807) is 6.07 Å². The molecule has 3 heteroatoms. The maximum absolute atomic E-state index is 14.1. The lowest BCUT2D eigenvalue weighted by Gasteiger charge is -2.32. The molecular weight excluding hydrogens is 227 g/mol. The van der Waals surface area contributed by atoms with Gasteiger partial charge in [-0.3, -0.25) is 0 Å². The van der Waals surface area contributed by atoms with Crippen LogP contribution in [0.4, 0.5) is 10.1 Å². The van der Waals surface area contributed by atoms with Gasteiger partial charge in [-0.15, -0.1) is 0 Å². The second-order valence-electron chi connectivity index (χ2n) is 4.73. The van der Waals surface area contributed by atoms with E-state index in [0.717, 1.165) is 24.2 Å². The average Bonchev–Trinajstić information content (AvgIpc) is 2.38. The largest absolute Gasteiger partial charge is 0.369 e. The van der Waals surface area contributed by atoms with Gasteiger partial charge in [-0.1, -0.05) is 13.0 Å². The van der Waals surface area contributed by atoms with Crippen molar-refractivity contribution in [1.29, 1.82) is 0 Å². The highest BCUT2D eigenvalue weighted by Gasteiger charge is 2.20. The Morgan fingerprint density at radius 3 is 2.44 bits per heavy atom. The second kappa shape index (κ2) is 6.74. The molecule has 0 spiro atoms. The van der Waals surface area contributed by atoms with Crippen molar-refractivity contribution in [2.24, 2.45) is 0 Å². The van der Waals surface area contributed by atoms with Crippen molar-refractivity contribution in [1.82, 2.24) is 5.32 Å². The molecule has 0 fully saturated rings. The monoisotopic (exact) mass is 252 g/mol. The average molecular weight is 252 g/mol. The Kier molecular flexibility index (Phi) is 5.60. The van der Waals surface area contributed by atoms with E-state index in [9.17, 15) is 4.39 Å². The zero-order chi connectivity index (χ0) is 13.7. The van der Waals surface area contributed by atoms with Gasteiger partial charge >= 0.3 is 0 Å². The predicted molar refractivity (Wildman–Crippen MR) is 76.6 cm³/mol. The number of anilines is 1. The molecule has 1 N–H and O–H groups in total. The molecule has 0 radical (unpaired) electrons. The highest BCUT2D eigenvalue weighted by Crippen LogP contribution is 2.30. The lowest BCUT2D eigenvalue weighted by molar-refractivity contribution is 0.552. The molecule has 0 aliphatic carbocycles. The summed E-state index contributed by atoms with van der Waals surface area (Å²) >= 11 is 0. The van der Waals surface area contributed by atoms with Crippen molar-refractivity contribution in [3.63, 3.8) is 0 Å². The molecule has 0 aliphatic rings. The summed E-state index contributed by atoms with van der Waals surface area (Å²) < 4.78 is 14.1. The molecule has 1 rings (SSSR count). The summed E-state index contributed by atoms with van der Waals surface area (Å²) in [5.41, 5.74) is 1.77. The zero-order valence-electron chi connectivity index (χ0n) is 12.1. The fourth-order valence-corrected chi connectivity index (χ4v) is 2.29. The van der Waals surface area contributed by atoms with Gasteiger partial charge in [-0.05, 0) is 46.4 Å². The van der Waals surface area contributed by atoms with Gasteiger partial charge in [0.1, 0.15) is 5.82 Å². The summed E-state index contributed by atoms with van der Waals surface area (Å²) in [6, 6.07) is 5.78. The van der Waals surface area contributed by atoms with Gasteiger partial charge in [0.15, 0.2) is 0 Å². The Hall–Kier alpha value is -1.09. The van der Waals surface area contributed by atoms with Crippen LogP contribution >= 0.6 is 0 Å². The molecule has 0 amide bonds. The normalized spacial score (nSPS) is 14.3. The minimum atomic E-state index is -0.129. The molecule has 0 saturated carbocycles. The highest BCUT2D eigenvalue weighted by molar-refractivity contribution is 5.56. The molecule has 2 nitrogen and oxygen atoms in total. The summed E-state index contributed by atoms with van der Waals surface area (Å²) in [6.45, 7) is 9.34. The van der Waals surface area contributed by atoms with E-state index in [2.05, 4.69) is 31.0 Å². The molecule has 1 aromatic carbocycles. The van der Waals surface area contributed by atoms with Gasteiger partial charge in [0.2, 0.25) is 0 Å². The Morgan fingerprint density at radius 1 is 1.28 bits per heavy atom. The summed E-state index contributed by atoms with van der Waals surface area (Å²) in [4.78, 5) is 2.27. The van der Waals surface area contributed by atoms with Gasteiger partial charge in [-0.25, -0.2) is 4.39 Å². The molecule has 0 heterocycles. The van der Waals surface area contributed by atoms with E-state index in [4.69, 9.17) is 0 Å². The first-order valence-corrected chi connectivity index (χ1v) is 6.79. The van der Waals surface area contributed by atoms with Crippen LogP contribution in [0.25, 0.3) is 0 Å². The third-order valence-electron chi connectivity index (χ3n) is 3.67. The summed E-state index contributed by atoms with van der Waals surface area (Å²) in [5, 5.41) is 3.13. The molecule has 0 bridgehead atoms. The number of hydrogen-bond donors (Lipinski definition) is 1. The van der Waals surface area contributed by atoms with Crippen LogP contribution < -0.4 is 10.2 Å². The van der Waals surface area contributed by atoms with E-state index in [1.165, 1.54) is 6.07 Å². The van der Waals surface area contributed by atoms with E-state index in [0.29, 0.717) is 6.04 Å². The number of hydrogen-bond acceptors (Lipinski definition) is 2. The fourth-order valence-electron chi connectivity index (χ4n) is 2.29. The van der Waals surface area contributed by atoms with E-state index < -0.39 is 0 Å². The van der Waals surface area contributed by atoms with E-state index in [1.807, 2.05) is 20.0 Å². The number of nitrogens with zero attached hydrogens (tertiary/aromatic N) is 1. The maximum Gasteiger partial charge on any atom is 0.130 e. The lowest BCUT2D eigenvalue weighted by Crippen LogP contribution is -2.34. The highest BCUT2D eigenvalue weighted by atomic mass is 19.1. The van der Waals surface area contributed by atoms with Gasteiger partial charge in [0, 0.05) is 29.9 Å². The number of nitrogens with one attached hydrogen (secondary N) is 1. The lowest BCUT2D eigenvalue weighted by atomic mass is 10.0. The Morgan fingerprint density at radius 2 is 1.94 bits per heavy atom. The Labute approximate surface area is 110 Å². The molecule has 2 atom stereocenters. The molecule has 0 aromatic heterocycles.